The first-order valence-corrected chi connectivity index (χ1v) is 5.54. The van der Waals surface area contributed by atoms with Crippen LogP contribution in [-0.4, -0.2) is 11.3 Å². The molecule has 0 saturated heterocycles. The SMILES string of the molecule is Cc1ccc2c(c1)c(C=O)nc1ccccc12. The van der Waals surface area contributed by atoms with Crippen LogP contribution >= 0.6 is 0 Å². The lowest BCUT2D eigenvalue weighted by Crippen LogP contribution is -1.92. The second-order valence-corrected chi connectivity index (χ2v) is 4.18. The van der Waals surface area contributed by atoms with Gasteiger partial charge in [-0.1, -0.05) is 35.9 Å². The van der Waals surface area contributed by atoms with Gasteiger partial charge in [0.25, 0.3) is 0 Å². The van der Waals surface area contributed by atoms with E-state index in [9.17, 15) is 4.79 Å². The summed E-state index contributed by atoms with van der Waals surface area (Å²) in [7, 11) is 0. The van der Waals surface area contributed by atoms with Crippen LogP contribution < -0.4 is 0 Å². The highest BCUT2D eigenvalue weighted by molar-refractivity contribution is 6.10. The fraction of sp³-hybridized carbons (Fsp3) is 0.0667. The molecule has 0 atom stereocenters. The third kappa shape index (κ3) is 1.49. The Morgan fingerprint density at radius 3 is 2.65 bits per heavy atom. The van der Waals surface area contributed by atoms with Crippen LogP contribution in [0.4, 0.5) is 0 Å². The third-order valence-corrected chi connectivity index (χ3v) is 3.00. The number of aldehydes is 1. The monoisotopic (exact) mass is 221 g/mol. The van der Waals surface area contributed by atoms with E-state index in [-0.39, 0.29) is 0 Å². The van der Waals surface area contributed by atoms with Gasteiger partial charge < -0.3 is 0 Å². The Morgan fingerprint density at radius 1 is 1.00 bits per heavy atom. The first-order valence-electron chi connectivity index (χ1n) is 5.54. The Hall–Kier alpha value is -2.22. The minimum absolute atomic E-state index is 0.516. The molecule has 2 heteroatoms. The summed E-state index contributed by atoms with van der Waals surface area (Å²) < 4.78 is 0. The summed E-state index contributed by atoms with van der Waals surface area (Å²) in [6, 6.07) is 14.0. The molecule has 0 aliphatic rings. The number of carbonyl (C=O) groups is 1. The van der Waals surface area contributed by atoms with E-state index < -0.39 is 0 Å². The van der Waals surface area contributed by atoms with E-state index >= 15 is 0 Å². The summed E-state index contributed by atoms with van der Waals surface area (Å²) in [5, 5.41) is 3.11. The molecule has 2 aromatic carbocycles. The van der Waals surface area contributed by atoms with Crippen molar-refractivity contribution < 1.29 is 4.79 Å². The van der Waals surface area contributed by atoms with Gasteiger partial charge in [-0.25, -0.2) is 4.98 Å². The van der Waals surface area contributed by atoms with Crippen LogP contribution in [0.15, 0.2) is 42.5 Å². The largest absolute Gasteiger partial charge is 0.296 e. The number of nitrogens with zero attached hydrogens (tertiary/aromatic N) is 1. The number of rotatable bonds is 1. The van der Waals surface area contributed by atoms with Crippen molar-refractivity contribution in [1.82, 2.24) is 4.98 Å². The van der Waals surface area contributed by atoms with Gasteiger partial charge in [0.15, 0.2) is 6.29 Å². The van der Waals surface area contributed by atoms with Crippen LogP contribution in [0.25, 0.3) is 21.7 Å². The fourth-order valence-corrected chi connectivity index (χ4v) is 2.18. The smallest absolute Gasteiger partial charge is 0.169 e. The van der Waals surface area contributed by atoms with Crippen molar-refractivity contribution in [3.05, 3.63) is 53.7 Å². The second kappa shape index (κ2) is 3.67. The van der Waals surface area contributed by atoms with Crippen molar-refractivity contribution in [3.8, 4) is 0 Å². The molecule has 0 unspecified atom stereocenters. The van der Waals surface area contributed by atoms with E-state index in [1.165, 1.54) is 0 Å². The van der Waals surface area contributed by atoms with Crippen molar-refractivity contribution in [2.75, 3.05) is 0 Å². The predicted molar refractivity (Wildman–Crippen MR) is 69.4 cm³/mol. The molecule has 0 bridgehead atoms. The standard InChI is InChI=1S/C15H11NO/c1-10-6-7-11-12-4-2-3-5-14(12)16-15(9-17)13(11)8-10/h2-9H,1H3. The van der Waals surface area contributed by atoms with Crippen molar-refractivity contribution in [3.63, 3.8) is 0 Å². The van der Waals surface area contributed by atoms with Gasteiger partial charge in [-0.3, -0.25) is 4.79 Å². The fourth-order valence-electron chi connectivity index (χ4n) is 2.18. The number of hydrogen-bond donors (Lipinski definition) is 0. The van der Waals surface area contributed by atoms with Crippen molar-refractivity contribution in [1.29, 1.82) is 0 Å². The number of carbonyl (C=O) groups excluding carboxylic acids is 1. The van der Waals surface area contributed by atoms with Crippen LogP contribution in [0.2, 0.25) is 0 Å². The van der Waals surface area contributed by atoms with E-state index in [1.807, 2.05) is 37.3 Å². The average Bonchev–Trinajstić information content (AvgIpc) is 2.37. The molecule has 82 valence electrons. The van der Waals surface area contributed by atoms with Gasteiger partial charge in [0, 0.05) is 10.8 Å². The Kier molecular flexibility index (Phi) is 2.15. The number of aryl methyl sites for hydroxylation is 1. The highest BCUT2D eigenvalue weighted by Crippen LogP contribution is 2.26. The van der Waals surface area contributed by atoms with Gasteiger partial charge in [0.05, 0.1) is 5.52 Å². The summed E-state index contributed by atoms with van der Waals surface area (Å²) in [4.78, 5) is 15.5. The zero-order chi connectivity index (χ0) is 11.8. The molecule has 2 nitrogen and oxygen atoms in total. The number of hydrogen-bond acceptors (Lipinski definition) is 2. The zero-order valence-corrected chi connectivity index (χ0v) is 9.47. The molecule has 1 heterocycles. The average molecular weight is 221 g/mol. The maximum atomic E-state index is 11.1. The van der Waals surface area contributed by atoms with Crippen LogP contribution in [0.3, 0.4) is 0 Å². The van der Waals surface area contributed by atoms with E-state index in [0.29, 0.717) is 5.69 Å². The van der Waals surface area contributed by atoms with Gasteiger partial charge in [-0.15, -0.1) is 0 Å². The van der Waals surface area contributed by atoms with E-state index in [2.05, 4.69) is 17.1 Å². The molecule has 0 N–H and O–H groups in total. The third-order valence-electron chi connectivity index (χ3n) is 3.00. The van der Waals surface area contributed by atoms with Gasteiger partial charge in [0.1, 0.15) is 5.69 Å². The molecule has 0 amide bonds. The van der Waals surface area contributed by atoms with Crippen LogP contribution in [0.5, 0.6) is 0 Å². The molecule has 0 fully saturated rings. The first-order chi connectivity index (χ1) is 8.29. The van der Waals surface area contributed by atoms with Crippen molar-refractivity contribution in [2.45, 2.75) is 6.92 Å². The molecule has 0 aliphatic carbocycles. The predicted octanol–water partition coefficient (Wildman–Crippen LogP) is 3.51. The van der Waals surface area contributed by atoms with Gasteiger partial charge in [0.2, 0.25) is 0 Å². The minimum Gasteiger partial charge on any atom is -0.296 e. The summed E-state index contributed by atoms with van der Waals surface area (Å²) in [6.45, 7) is 2.02. The quantitative estimate of drug-likeness (QED) is 0.465. The molecule has 0 saturated carbocycles. The topological polar surface area (TPSA) is 30.0 Å². The summed E-state index contributed by atoms with van der Waals surface area (Å²) in [6.07, 6.45) is 0.828. The summed E-state index contributed by atoms with van der Waals surface area (Å²) in [5.74, 6) is 0. The van der Waals surface area contributed by atoms with E-state index in [4.69, 9.17) is 0 Å². The molecule has 1 aromatic heterocycles. The normalized spacial score (nSPS) is 10.9. The Labute approximate surface area is 98.9 Å². The van der Waals surface area contributed by atoms with Gasteiger partial charge in [-0.2, -0.15) is 0 Å². The van der Waals surface area contributed by atoms with Crippen molar-refractivity contribution in [2.24, 2.45) is 0 Å². The minimum atomic E-state index is 0.516. The van der Waals surface area contributed by atoms with Gasteiger partial charge in [-0.05, 0) is 24.4 Å². The lowest BCUT2D eigenvalue weighted by atomic mass is 10.0. The van der Waals surface area contributed by atoms with Crippen LogP contribution in [0.1, 0.15) is 16.1 Å². The highest BCUT2D eigenvalue weighted by atomic mass is 16.1. The molecule has 0 spiro atoms. The zero-order valence-electron chi connectivity index (χ0n) is 9.47. The summed E-state index contributed by atoms with van der Waals surface area (Å²) >= 11 is 0. The number of pyridine rings is 1. The Morgan fingerprint density at radius 2 is 1.82 bits per heavy atom. The van der Waals surface area contributed by atoms with Crippen LogP contribution in [-0.2, 0) is 0 Å². The number of aromatic nitrogens is 1. The second-order valence-electron chi connectivity index (χ2n) is 4.18. The number of para-hydroxylation sites is 1. The van der Waals surface area contributed by atoms with Gasteiger partial charge >= 0.3 is 0 Å². The molecule has 17 heavy (non-hydrogen) atoms. The molecule has 0 radical (unpaired) electrons. The Balaban J connectivity index is 2.59. The van der Waals surface area contributed by atoms with Crippen LogP contribution in [0, 0.1) is 6.92 Å². The van der Waals surface area contributed by atoms with E-state index in [1.54, 1.807) is 0 Å². The lowest BCUT2D eigenvalue weighted by molar-refractivity contribution is 0.112. The maximum absolute atomic E-state index is 11.1. The summed E-state index contributed by atoms with van der Waals surface area (Å²) in [5.41, 5.74) is 2.52. The lowest BCUT2D eigenvalue weighted by Gasteiger charge is -2.06. The molecule has 0 aliphatic heterocycles. The Bertz CT molecular complexity index is 731. The number of fused-ring (bicyclic) bond motifs is 3. The van der Waals surface area contributed by atoms with Crippen molar-refractivity contribution >= 4 is 28.0 Å². The first kappa shape index (κ1) is 9.97. The number of benzene rings is 2. The molecular weight excluding hydrogens is 210 g/mol. The van der Waals surface area contributed by atoms with E-state index in [0.717, 1.165) is 33.5 Å². The molecule has 3 aromatic rings. The molecule has 3 rings (SSSR count). The molecular formula is C15H11NO. The maximum Gasteiger partial charge on any atom is 0.169 e. The highest BCUT2D eigenvalue weighted by Gasteiger charge is 2.07.